The van der Waals surface area contributed by atoms with Gasteiger partial charge in [0, 0.05) is 17.0 Å². The van der Waals surface area contributed by atoms with Crippen LogP contribution in [0.15, 0.2) is 40.7 Å². The number of ether oxygens (including phenoxy) is 1. The zero-order valence-electron chi connectivity index (χ0n) is 11.9. The van der Waals surface area contributed by atoms with E-state index in [0.717, 1.165) is 31.7 Å². The molecule has 1 heterocycles. The molecule has 3 rings (SSSR count). The lowest BCUT2D eigenvalue weighted by Gasteiger charge is -2.08. The highest BCUT2D eigenvalue weighted by molar-refractivity contribution is 8.00. The third-order valence-corrected chi connectivity index (χ3v) is 5.39. The fraction of sp³-hybridized carbons (Fsp3) is 0.188. The standard InChI is InChI=1S/C16H16N2OS2/c1-10-3-6-14(19-2)11(7-10)9-20-16-18-13-5-4-12(17)8-15(13)21-16/h3-8H,9,17H2,1-2H3. The molecule has 0 bridgehead atoms. The fourth-order valence-electron chi connectivity index (χ4n) is 2.14. The number of hydrogen-bond acceptors (Lipinski definition) is 5. The molecule has 0 saturated carbocycles. The SMILES string of the molecule is COc1ccc(C)cc1CSc1nc2ccc(N)cc2s1. The number of nitrogen functional groups attached to an aromatic ring is 1. The molecule has 0 radical (unpaired) electrons. The highest BCUT2D eigenvalue weighted by Gasteiger charge is 2.08. The van der Waals surface area contributed by atoms with Crippen LogP contribution in [0.2, 0.25) is 0 Å². The Labute approximate surface area is 132 Å². The van der Waals surface area contributed by atoms with Crippen molar-refractivity contribution in [2.45, 2.75) is 17.0 Å². The van der Waals surface area contributed by atoms with Crippen LogP contribution in [0, 0.1) is 6.92 Å². The minimum absolute atomic E-state index is 0.781. The lowest BCUT2D eigenvalue weighted by Crippen LogP contribution is -1.91. The van der Waals surface area contributed by atoms with Gasteiger partial charge >= 0.3 is 0 Å². The van der Waals surface area contributed by atoms with E-state index in [2.05, 4.69) is 24.0 Å². The Balaban J connectivity index is 1.81. The average molecular weight is 316 g/mol. The largest absolute Gasteiger partial charge is 0.496 e. The second-order valence-corrected chi connectivity index (χ2v) is 7.06. The maximum atomic E-state index is 5.81. The summed E-state index contributed by atoms with van der Waals surface area (Å²) < 4.78 is 7.60. The van der Waals surface area contributed by atoms with E-state index in [-0.39, 0.29) is 0 Å². The summed E-state index contributed by atoms with van der Waals surface area (Å²) in [7, 11) is 1.71. The Bertz CT molecular complexity index is 783. The molecule has 0 aliphatic carbocycles. The first-order valence-corrected chi connectivity index (χ1v) is 8.38. The second kappa shape index (κ2) is 5.95. The van der Waals surface area contributed by atoms with Gasteiger partial charge in [0.2, 0.25) is 0 Å². The van der Waals surface area contributed by atoms with Crippen LogP contribution in [0.4, 0.5) is 5.69 Å². The van der Waals surface area contributed by atoms with Gasteiger partial charge in [-0.05, 0) is 31.2 Å². The van der Waals surface area contributed by atoms with Crippen LogP contribution < -0.4 is 10.5 Å². The van der Waals surface area contributed by atoms with Gasteiger partial charge in [-0.3, -0.25) is 0 Å². The molecule has 0 aliphatic rings. The molecule has 3 aromatic rings. The summed E-state index contributed by atoms with van der Waals surface area (Å²) in [6.45, 7) is 2.09. The highest BCUT2D eigenvalue weighted by Crippen LogP contribution is 2.34. The molecule has 0 aliphatic heterocycles. The molecule has 3 nitrogen and oxygen atoms in total. The maximum absolute atomic E-state index is 5.81. The molecule has 108 valence electrons. The summed E-state index contributed by atoms with van der Waals surface area (Å²) in [5.74, 6) is 1.78. The van der Waals surface area contributed by atoms with Crippen LogP contribution in [-0.2, 0) is 5.75 Å². The van der Waals surface area contributed by atoms with Gasteiger partial charge in [-0.25, -0.2) is 4.98 Å². The van der Waals surface area contributed by atoms with Gasteiger partial charge in [-0.2, -0.15) is 0 Å². The average Bonchev–Trinajstić information content (AvgIpc) is 2.87. The zero-order chi connectivity index (χ0) is 14.8. The van der Waals surface area contributed by atoms with E-state index in [9.17, 15) is 0 Å². The predicted octanol–water partition coefficient (Wildman–Crippen LogP) is 4.49. The molecule has 0 amide bonds. The molecular weight excluding hydrogens is 300 g/mol. The van der Waals surface area contributed by atoms with Crippen molar-refractivity contribution < 1.29 is 4.74 Å². The summed E-state index contributed by atoms with van der Waals surface area (Å²) in [6.07, 6.45) is 0. The number of methoxy groups -OCH3 is 1. The van der Waals surface area contributed by atoms with Gasteiger partial charge in [0.25, 0.3) is 0 Å². The quantitative estimate of drug-likeness (QED) is 0.569. The number of thioether (sulfide) groups is 1. The minimum atomic E-state index is 0.781. The first-order chi connectivity index (χ1) is 10.2. The lowest BCUT2D eigenvalue weighted by atomic mass is 10.1. The third kappa shape index (κ3) is 3.14. The van der Waals surface area contributed by atoms with E-state index in [1.54, 1.807) is 30.2 Å². The number of hydrogen-bond donors (Lipinski definition) is 1. The second-order valence-electron chi connectivity index (χ2n) is 4.81. The van der Waals surface area contributed by atoms with Crippen LogP contribution in [0.1, 0.15) is 11.1 Å². The first-order valence-electron chi connectivity index (χ1n) is 6.58. The van der Waals surface area contributed by atoms with Crippen molar-refractivity contribution in [3.05, 3.63) is 47.5 Å². The van der Waals surface area contributed by atoms with Crippen molar-refractivity contribution in [3.63, 3.8) is 0 Å². The Hall–Kier alpha value is -1.72. The summed E-state index contributed by atoms with van der Waals surface area (Å²) in [6, 6.07) is 12.1. The Kier molecular flexibility index (Phi) is 4.03. The topological polar surface area (TPSA) is 48.1 Å². The van der Waals surface area contributed by atoms with Crippen LogP contribution in [0.5, 0.6) is 5.75 Å². The lowest BCUT2D eigenvalue weighted by molar-refractivity contribution is 0.411. The Morgan fingerprint density at radius 3 is 2.90 bits per heavy atom. The molecule has 21 heavy (non-hydrogen) atoms. The molecule has 0 saturated heterocycles. The summed E-state index contributed by atoms with van der Waals surface area (Å²) in [5, 5.41) is 0. The van der Waals surface area contributed by atoms with E-state index in [1.165, 1.54) is 11.1 Å². The predicted molar refractivity (Wildman–Crippen MR) is 91.3 cm³/mol. The number of thiazole rings is 1. The van der Waals surface area contributed by atoms with E-state index in [1.807, 2.05) is 24.3 Å². The number of aryl methyl sites for hydroxylation is 1. The van der Waals surface area contributed by atoms with E-state index in [0.29, 0.717) is 0 Å². The van der Waals surface area contributed by atoms with Crippen molar-refractivity contribution in [2.24, 2.45) is 0 Å². The molecule has 0 atom stereocenters. The van der Waals surface area contributed by atoms with E-state index < -0.39 is 0 Å². The molecule has 0 spiro atoms. The fourth-order valence-corrected chi connectivity index (χ4v) is 4.24. The Morgan fingerprint density at radius 2 is 2.10 bits per heavy atom. The maximum Gasteiger partial charge on any atom is 0.151 e. The molecule has 5 heteroatoms. The van der Waals surface area contributed by atoms with Crippen molar-refractivity contribution in [1.29, 1.82) is 0 Å². The molecule has 1 aromatic heterocycles. The summed E-state index contributed by atoms with van der Waals surface area (Å²) in [5.41, 5.74) is 10.0. The van der Waals surface area contributed by atoms with Crippen molar-refractivity contribution in [1.82, 2.24) is 4.98 Å². The zero-order valence-corrected chi connectivity index (χ0v) is 13.6. The van der Waals surface area contributed by atoms with Gasteiger partial charge in [-0.1, -0.05) is 29.5 Å². The van der Waals surface area contributed by atoms with Crippen LogP contribution in [0.25, 0.3) is 10.2 Å². The van der Waals surface area contributed by atoms with Crippen LogP contribution in [-0.4, -0.2) is 12.1 Å². The summed E-state index contributed by atoms with van der Waals surface area (Å²) in [4.78, 5) is 4.63. The summed E-state index contributed by atoms with van der Waals surface area (Å²) >= 11 is 3.41. The molecule has 0 unspecified atom stereocenters. The van der Waals surface area contributed by atoms with Crippen molar-refractivity contribution in [2.75, 3.05) is 12.8 Å². The minimum Gasteiger partial charge on any atom is -0.496 e. The molecule has 2 N–H and O–H groups in total. The van der Waals surface area contributed by atoms with E-state index in [4.69, 9.17) is 10.5 Å². The van der Waals surface area contributed by atoms with E-state index >= 15 is 0 Å². The van der Waals surface area contributed by atoms with Gasteiger partial charge in [-0.15, -0.1) is 11.3 Å². The highest BCUT2D eigenvalue weighted by atomic mass is 32.2. The van der Waals surface area contributed by atoms with Crippen LogP contribution in [0.3, 0.4) is 0 Å². The first kappa shape index (κ1) is 14.2. The van der Waals surface area contributed by atoms with Crippen molar-refractivity contribution in [3.8, 4) is 5.75 Å². The number of nitrogens with two attached hydrogens (primary N) is 1. The number of fused-ring (bicyclic) bond motifs is 1. The van der Waals surface area contributed by atoms with Crippen LogP contribution >= 0.6 is 23.1 Å². The van der Waals surface area contributed by atoms with Gasteiger partial charge < -0.3 is 10.5 Å². The van der Waals surface area contributed by atoms with Gasteiger partial charge in [0.1, 0.15) is 5.75 Å². The third-order valence-electron chi connectivity index (χ3n) is 3.18. The molecular formula is C16H16N2OS2. The monoisotopic (exact) mass is 316 g/mol. The number of benzene rings is 2. The Morgan fingerprint density at radius 1 is 1.24 bits per heavy atom. The number of anilines is 1. The number of rotatable bonds is 4. The molecule has 2 aromatic carbocycles. The normalized spacial score (nSPS) is 11.0. The number of aromatic nitrogens is 1. The number of nitrogens with zero attached hydrogens (tertiary/aromatic N) is 1. The van der Waals surface area contributed by atoms with Gasteiger partial charge in [0.05, 0.1) is 17.3 Å². The molecule has 0 fully saturated rings. The smallest absolute Gasteiger partial charge is 0.151 e. The van der Waals surface area contributed by atoms with Gasteiger partial charge in [0.15, 0.2) is 4.34 Å². The van der Waals surface area contributed by atoms with Crippen molar-refractivity contribution >= 4 is 39.0 Å².